The Kier molecular flexibility index (Phi) is 8.59. The molecule has 2 atom stereocenters. The van der Waals surface area contributed by atoms with Crippen LogP contribution in [0.5, 0.6) is 17.2 Å². The number of methoxy groups -OCH3 is 3. The van der Waals surface area contributed by atoms with Crippen LogP contribution in [0.1, 0.15) is 18.5 Å². The van der Waals surface area contributed by atoms with Crippen molar-refractivity contribution in [2.24, 2.45) is 5.73 Å². The summed E-state index contributed by atoms with van der Waals surface area (Å²) in [4.78, 5) is 11.5. The summed E-state index contributed by atoms with van der Waals surface area (Å²) < 4.78 is 34.1. The maximum absolute atomic E-state index is 14.1. The third kappa shape index (κ3) is 4.38. The quantitative estimate of drug-likeness (QED) is 0.767. The first-order chi connectivity index (χ1) is 9.99. The third-order valence-corrected chi connectivity index (χ3v) is 2.92. The first-order valence-corrected chi connectivity index (χ1v) is 6.36. The van der Waals surface area contributed by atoms with Crippen LogP contribution < -0.4 is 19.9 Å². The molecule has 0 fully saturated rings. The average molecular weight is 338 g/mol. The van der Waals surface area contributed by atoms with Gasteiger partial charge in [-0.1, -0.05) is 0 Å². The zero-order valence-corrected chi connectivity index (χ0v) is 13.7. The van der Waals surface area contributed by atoms with E-state index in [1.807, 2.05) is 0 Å². The largest absolute Gasteiger partial charge is 0.496 e. The molecule has 1 rings (SSSR count). The molecule has 0 aliphatic carbocycles. The second-order valence-electron chi connectivity index (χ2n) is 4.13. The van der Waals surface area contributed by atoms with E-state index in [-0.39, 0.29) is 24.6 Å². The van der Waals surface area contributed by atoms with E-state index in [2.05, 4.69) is 4.74 Å². The predicted octanol–water partition coefficient (Wildman–Crippen LogP) is 2.04. The first kappa shape index (κ1) is 20.3. The lowest BCUT2D eigenvalue weighted by Crippen LogP contribution is -2.31. The summed E-state index contributed by atoms with van der Waals surface area (Å²) in [6, 6.07) is 1.76. The normalized spacial score (nSPS) is 12.6. The lowest BCUT2D eigenvalue weighted by molar-refractivity contribution is -0.149. The first-order valence-electron chi connectivity index (χ1n) is 6.36. The highest BCUT2D eigenvalue weighted by atomic mass is 35.5. The van der Waals surface area contributed by atoms with Crippen LogP contribution in [0.3, 0.4) is 0 Å². The summed E-state index contributed by atoms with van der Waals surface area (Å²) in [5.41, 5.74) is 6.10. The monoisotopic (exact) mass is 337 g/mol. The predicted molar refractivity (Wildman–Crippen MR) is 81.8 cm³/mol. The van der Waals surface area contributed by atoms with Gasteiger partial charge < -0.3 is 24.7 Å². The second-order valence-corrected chi connectivity index (χ2v) is 4.13. The Morgan fingerprint density at radius 2 is 1.64 bits per heavy atom. The fourth-order valence-corrected chi connectivity index (χ4v) is 1.84. The van der Waals surface area contributed by atoms with Gasteiger partial charge in [0, 0.05) is 11.6 Å². The van der Waals surface area contributed by atoms with E-state index < -0.39 is 18.2 Å². The lowest BCUT2D eigenvalue weighted by Gasteiger charge is -2.20. The molecule has 0 saturated heterocycles. The minimum absolute atomic E-state index is 0. The Balaban J connectivity index is 0.00000441. The number of carbonyl (C=O) groups excluding carboxylic acids is 1. The molecule has 0 spiro atoms. The molecule has 2 N–H and O–H groups in total. The summed E-state index contributed by atoms with van der Waals surface area (Å²) in [5, 5.41) is 0. The molecule has 0 bridgehead atoms. The van der Waals surface area contributed by atoms with Crippen LogP contribution in [0, 0.1) is 0 Å². The van der Waals surface area contributed by atoms with Crippen molar-refractivity contribution in [2.45, 2.75) is 19.1 Å². The van der Waals surface area contributed by atoms with Crippen LogP contribution >= 0.6 is 12.4 Å². The lowest BCUT2D eigenvalue weighted by atomic mass is 10.0. The highest BCUT2D eigenvalue weighted by Crippen LogP contribution is 2.38. The highest BCUT2D eigenvalue weighted by molar-refractivity contribution is 5.85. The van der Waals surface area contributed by atoms with Gasteiger partial charge in [-0.05, 0) is 13.0 Å². The summed E-state index contributed by atoms with van der Waals surface area (Å²) in [6.07, 6.45) is -2.00. The minimum atomic E-state index is -2.00. The van der Waals surface area contributed by atoms with E-state index in [4.69, 9.17) is 19.9 Å². The number of benzene rings is 1. The van der Waals surface area contributed by atoms with Crippen LogP contribution in [0.4, 0.5) is 4.39 Å². The van der Waals surface area contributed by atoms with Gasteiger partial charge in [-0.3, -0.25) is 0 Å². The van der Waals surface area contributed by atoms with Crippen molar-refractivity contribution < 1.29 is 28.1 Å². The molecular weight excluding hydrogens is 317 g/mol. The zero-order valence-electron chi connectivity index (χ0n) is 12.9. The van der Waals surface area contributed by atoms with Crippen LogP contribution in [0.2, 0.25) is 0 Å². The number of hydrogen-bond donors (Lipinski definition) is 1. The summed E-state index contributed by atoms with van der Waals surface area (Å²) in [7, 11) is 4.32. The summed E-state index contributed by atoms with van der Waals surface area (Å²) in [5.74, 6) is 0.0607. The fourth-order valence-electron chi connectivity index (χ4n) is 1.84. The number of rotatable bonds is 7. The molecular formula is C14H21ClFNO5. The molecule has 1 unspecified atom stereocenters. The number of alkyl halides is 1. The van der Waals surface area contributed by atoms with E-state index >= 15 is 0 Å². The molecule has 0 aliphatic rings. The van der Waals surface area contributed by atoms with Gasteiger partial charge in [-0.15, -0.1) is 12.4 Å². The minimum Gasteiger partial charge on any atom is -0.496 e. The van der Waals surface area contributed by atoms with Crippen molar-refractivity contribution in [2.75, 3.05) is 27.9 Å². The van der Waals surface area contributed by atoms with Crippen molar-refractivity contribution in [1.82, 2.24) is 0 Å². The Morgan fingerprint density at radius 1 is 1.14 bits per heavy atom. The van der Waals surface area contributed by atoms with Crippen molar-refractivity contribution >= 4 is 18.4 Å². The number of ether oxygens (including phenoxy) is 4. The molecule has 0 radical (unpaired) electrons. The van der Waals surface area contributed by atoms with Crippen LogP contribution in [0.15, 0.2) is 12.1 Å². The Morgan fingerprint density at radius 3 is 2.09 bits per heavy atom. The molecule has 1 aromatic carbocycles. The number of nitrogens with two attached hydrogens (primary N) is 1. The summed E-state index contributed by atoms with van der Waals surface area (Å²) in [6.45, 7) is 1.67. The van der Waals surface area contributed by atoms with Gasteiger partial charge in [-0.2, -0.15) is 0 Å². The van der Waals surface area contributed by atoms with E-state index in [9.17, 15) is 9.18 Å². The molecule has 126 valence electrons. The van der Waals surface area contributed by atoms with E-state index in [1.54, 1.807) is 6.92 Å². The number of esters is 1. The molecule has 0 saturated carbocycles. The zero-order chi connectivity index (χ0) is 16.0. The molecule has 0 heterocycles. The number of carbonyl (C=O) groups is 1. The maximum atomic E-state index is 14.1. The van der Waals surface area contributed by atoms with Crippen LogP contribution in [0.25, 0.3) is 0 Å². The Hall–Kier alpha value is -1.73. The van der Waals surface area contributed by atoms with Crippen LogP contribution in [-0.2, 0) is 9.53 Å². The van der Waals surface area contributed by atoms with Gasteiger partial charge in [0.05, 0.1) is 34.0 Å². The van der Waals surface area contributed by atoms with Gasteiger partial charge in [0.25, 0.3) is 0 Å². The molecule has 8 heteroatoms. The van der Waals surface area contributed by atoms with Gasteiger partial charge in [0.1, 0.15) is 5.75 Å². The van der Waals surface area contributed by atoms with Crippen molar-refractivity contribution in [3.05, 3.63) is 17.7 Å². The summed E-state index contributed by atoms with van der Waals surface area (Å²) >= 11 is 0. The SMILES string of the molecule is CCOC(=O)C(F)[C@H](N)c1cc(OC)c(OC)cc1OC.Cl. The molecule has 6 nitrogen and oxygen atoms in total. The third-order valence-electron chi connectivity index (χ3n) is 2.92. The highest BCUT2D eigenvalue weighted by Gasteiger charge is 2.31. The van der Waals surface area contributed by atoms with Gasteiger partial charge in [0.2, 0.25) is 6.17 Å². The molecule has 1 aromatic rings. The van der Waals surface area contributed by atoms with Crippen LogP contribution in [-0.4, -0.2) is 40.1 Å². The van der Waals surface area contributed by atoms with Gasteiger partial charge in [0.15, 0.2) is 11.5 Å². The van der Waals surface area contributed by atoms with E-state index in [0.717, 1.165) is 0 Å². The maximum Gasteiger partial charge on any atom is 0.342 e. The Bertz CT molecular complexity index is 500. The second kappa shape index (κ2) is 9.32. The molecule has 0 aliphatic heterocycles. The van der Waals surface area contributed by atoms with Gasteiger partial charge in [-0.25, -0.2) is 9.18 Å². The molecule has 22 heavy (non-hydrogen) atoms. The average Bonchev–Trinajstić information content (AvgIpc) is 2.52. The standard InChI is InChI=1S/C14H20FNO5.ClH/c1-5-21-14(17)12(15)13(16)8-6-10(19-3)11(20-4)7-9(8)18-2;/h6-7,12-13H,5,16H2,1-4H3;1H/t12?,13-;/m1./s1. The topological polar surface area (TPSA) is 80.0 Å². The van der Waals surface area contributed by atoms with Crippen molar-refractivity contribution in [3.63, 3.8) is 0 Å². The van der Waals surface area contributed by atoms with E-state index in [0.29, 0.717) is 17.2 Å². The molecule has 0 aromatic heterocycles. The van der Waals surface area contributed by atoms with E-state index in [1.165, 1.54) is 33.5 Å². The fraction of sp³-hybridized carbons (Fsp3) is 0.500. The molecule has 0 amide bonds. The van der Waals surface area contributed by atoms with Crippen molar-refractivity contribution in [3.8, 4) is 17.2 Å². The Labute approximate surface area is 135 Å². The number of hydrogen-bond acceptors (Lipinski definition) is 6. The van der Waals surface area contributed by atoms with Gasteiger partial charge >= 0.3 is 5.97 Å². The van der Waals surface area contributed by atoms with Crippen molar-refractivity contribution in [1.29, 1.82) is 0 Å². The number of halogens is 2. The smallest absolute Gasteiger partial charge is 0.342 e.